The standard InChI is InChI=1S/C18H23FN4O/c1-23(16-7-5-15(19)6-8-16)10-2-9-20-18(24)13-3-4-14-12-21-22-17(14)11-13/h5-8,12-13H,2-4,9-11H2,1H3,(H,20,24)(H,21,22). The van der Waals surface area contributed by atoms with Crippen LogP contribution in [0.3, 0.4) is 0 Å². The molecular weight excluding hydrogens is 307 g/mol. The van der Waals surface area contributed by atoms with Crippen molar-refractivity contribution in [2.24, 2.45) is 5.92 Å². The van der Waals surface area contributed by atoms with Crippen molar-refractivity contribution >= 4 is 11.6 Å². The summed E-state index contributed by atoms with van der Waals surface area (Å²) in [6.45, 7) is 1.46. The van der Waals surface area contributed by atoms with E-state index in [1.165, 1.54) is 17.7 Å². The average Bonchev–Trinajstić information content (AvgIpc) is 3.06. The van der Waals surface area contributed by atoms with E-state index in [1.54, 1.807) is 12.1 Å². The molecule has 1 amide bonds. The van der Waals surface area contributed by atoms with Gasteiger partial charge in [0.2, 0.25) is 5.91 Å². The quantitative estimate of drug-likeness (QED) is 0.799. The minimum absolute atomic E-state index is 0.0350. The number of nitrogens with zero attached hydrogens (tertiary/aromatic N) is 2. The van der Waals surface area contributed by atoms with Crippen LogP contribution in [-0.4, -0.2) is 36.2 Å². The Labute approximate surface area is 141 Å². The zero-order valence-corrected chi connectivity index (χ0v) is 13.9. The molecule has 0 radical (unpaired) electrons. The van der Waals surface area contributed by atoms with Crippen LogP contribution in [0.15, 0.2) is 30.5 Å². The second kappa shape index (κ2) is 7.47. The fourth-order valence-electron chi connectivity index (χ4n) is 3.13. The minimum Gasteiger partial charge on any atom is -0.375 e. The van der Waals surface area contributed by atoms with E-state index in [0.29, 0.717) is 6.54 Å². The summed E-state index contributed by atoms with van der Waals surface area (Å²) in [5.41, 5.74) is 3.30. The van der Waals surface area contributed by atoms with Crippen LogP contribution in [0, 0.1) is 11.7 Å². The van der Waals surface area contributed by atoms with Crippen molar-refractivity contribution in [3.8, 4) is 0 Å². The van der Waals surface area contributed by atoms with Gasteiger partial charge in [0.05, 0.1) is 6.20 Å². The van der Waals surface area contributed by atoms with Gasteiger partial charge in [-0.05, 0) is 49.1 Å². The van der Waals surface area contributed by atoms with Gasteiger partial charge >= 0.3 is 0 Å². The van der Waals surface area contributed by atoms with Gasteiger partial charge in [-0.2, -0.15) is 5.10 Å². The number of H-pyrrole nitrogens is 1. The van der Waals surface area contributed by atoms with Crippen LogP contribution in [-0.2, 0) is 17.6 Å². The molecule has 0 saturated heterocycles. The molecule has 0 fully saturated rings. The zero-order chi connectivity index (χ0) is 16.9. The van der Waals surface area contributed by atoms with Crippen LogP contribution in [0.5, 0.6) is 0 Å². The highest BCUT2D eigenvalue weighted by molar-refractivity contribution is 5.79. The van der Waals surface area contributed by atoms with E-state index < -0.39 is 0 Å². The van der Waals surface area contributed by atoms with Gasteiger partial charge in [-0.25, -0.2) is 4.39 Å². The predicted octanol–water partition coefficient (Wildman–Crippen LogP) is 2.30. The number of aryl methyl sites for hydroxylation is 1. The fraction of sp³-hybridized carbons (Fsp3) is 0.444. The van der Waals surface area contributed by atoms with Gasteiger partial charge < -0.3 is 10.2 Å². The summed E-state index contributed by atoms with van der Waals surface area (Å²) in [5.74, 6) is -0.0696. The Morgan fingerprint density at radius 3 is 3.00 bits per heavy atom. The van der Waals surface area contributed by atoms with Gasteiger partial charge in [-0.3, -0.25) is 9.89 Å². The van der Waals surface area contributed by atoms with Gasteiger partial charge in [0.15, 0.2) is 0 Å². The summed E-state index contributed by atoms with van der Waals surface area (Å²) in [4.78, 5) is 14.3. The third kappa shape index (κ3) is 3.93. The van der Waals surface area contributed by atoms with Gasteiger partial charge in [-0.1, -0.05) is 0 Å². The van der Waals surface area contributed by atoms with Crippen LogP contribution in [0.2, 0.25) is 0 Å². The highest BCUT2D eigenvalue weighted by atomic mass is 19.1. The molecule has 0 spiro atoms. The number of hydrogen-bond acceptors (Lipinski definition) is 3. The Morgan fingerprint density at radius 2 is 2.21 bits per heavy atom. The molecule has 0 aliphatic heterocycles. The molecule has 1 aliphatic carbocycles. The van der Waals surface area contributed by atoms with Crippen molar-refractivity contribution in [3.05, 3.63) is 47.5 Å². The summed E-state index contributed by atoms with van der Waals surface area (Å²) in [7, 11) is 1.97. The number of hydrogen-bond donors (Lipinski definition) is 2. The summed E-state index contributed by atoms with van der Waals surface area (Å²) >= 11 is 0. The maximum absolute atomic E-state index is 12.9. The summed E-state index contributed by atoms with van der Waals surface area (Å²) in [6.07, 6.45) is 5.25. The Hall–Kier alpha value is -2.37. The summed E-state index contributed by atoms with van der Waals surface area (Å²) in [5, 5.41) is 10.1. The van der Waals surface area contributed by atoms with Crippen molar-refractivity contribution in [2.45, 2.75) is 25.7 Å². The number of aromatic nitrogens is 2. The Kier molecular flexibility index (Phi) is 5.13. The lowest BCUT2D eigenvalue weighted by Gasteiger charge is -2.22. The second-order valence-corrected chi connectivity index (χ2v) is 6.36. The SMILES string of the molecule is CN(CCCNC(=O)C1CCc2cn[nH]c2C1)c1ccc(F)cc1. The normalized spacial score (nSPS) is 16.5. The number of halogens is 1. The molecule has 2 N–H and O–H groups in total. The number of fused-ring (bicyclic) bond motifs is 1. The number of amides is 1. The van der Waals surface area contributed by atoms with Crippen molar-refractivity contribution in [3.63, 3.8) is 0 Å². The Morgan fingerprint density at radius 1 is 1.42 bits per heavy atom. The first-order chi connectivity index (χ1) is 11.6. The Balaban J connectivity index is 1.39. The molecule has 128 valence electrons. The number of nitrogens with one attached hydrogen (secondary N) is 2. The number of rotatable bonds is 6. The van der Waals surface area contributed by atoms with Crippen LogP contribution >= 0.6 is 0 Å². The summed E-state index contributed by atoms with van der Waals surface area (Å²) < 4.78 is 12.9. The molecule has 1 aromatic carbocycles. The average molecular weight is 330 g/mol. The van der Waals surface area contributed by atoms with E-state index >= 15 is 0 Å². The van der Waals surface area contributed by atoms with Gasteiger partial charge in [0.1, 0.15) is 5.82 Å². The highest BCUT2D eigenvalue weighted by Gasteiger charge is 2.25. The smallest absolute Gasteiger partial charge is 0.223 e. The zero-order valence-electron chi connectivity index (χ0n) is 13.9. The molecular formula is C18H23FN4O. The number of aromatic amines is 1. The van der Waals surface area contributed by atoms with Gasteiger partial charge in [0.25, 0.3) is 0 Å². The first-order valence-corrected chi connectivity index (χ1v) is 8.39. The third-order valence-electron chi connectivity index (χ3n) is 4.63. The molecule has 1 aliphatic rings. The van der Waals surface area contributed by atoms with E-state index in [4.69, 9.17) is 0 Å². The molecule has 5 nitrogen and oxygen atoms in total. The molecule has 0 bridgehead atoms. The van der Waals surface area contributed by atoms with Crippen LogP contribution in [0.1, 0.15) is 24.1 Å². The molecule has 0 saturated carbocycles. The van der Waals surface area contributed by atoms with E-state index in [9.17, 15) is 9.18 Å². The summed E-state index contributed by atoms with van der Waals surface area (Å²) in [6, 6.07) is 6.44. The minimum atomic E-state index is -0.229. The van der Waals surface area contributed by atoms with Crippen LogP contribution in [0.25, 0.3) is 0 Å². The van der Waals surface area contributed by atoms with E-state index in [1.807, 2.05) is 13.2 Å². The van der Waals surface area contributed by atoms with Crippen molar-refractivity contribution < 1.29 is 9.18 Å². The number of anilines is 1. The largest absolute Gasteiger partial charge is 0.375 e. The van der Waals surface area contributed by atoms with Crippen LogP contribution < -0.4 is 10.2 Å². The van der Waals surface area contributed by atoms with E-state index in [2.05, 4.69) is 20.4 Å². The molecule has 1 aromatic heterocycles. The molecule has 1 heterocycles. The topological polar surface area (TPSA) is 61.0 Å². The molecule has 1 unspecified atom stereocenters. The van der Waals surface area contributed by atoms with Crippen molar-refractivity contribution in [2.75, 3.05) is 25.0 Å². The highest BCUT2D eigenvalue weighted by Crippen LogP contribution is 2.23. The second-order valence-electron chi connectivity index (χ2n) is 6.36. The van der Waals surface area contributed by atoms with Gasteiger partial charge in [-0.15, -0.1) is 0 Å². The third-order valence-corrected chi connectivity index (χ3v) is 4.63. The number of carbonyl (C=O) groups is 1. The lowest BCUT2D eigenvalue weighted by atomic mass is 9.87. The lowest BCUT2D eigenvalue weighted by molar-refractivity contribution is -0.125. The molecule has 24 heavy (non-hydrogen) atoms. The van der Waals surface area contributed by atoms with Crippen LogP contribution in [0.4, 0.5) is 10.1 Å². The van der Waals surface area contributed by atoms with Gasteiger partial charge in [0, 0.05) is 43.9 Å². The first kappa shape index (κ1) is 16.5. The maximum atomic E-state index is 12.9. The Bertz CT molecular complexity index is 683. The molecule has 6 heteroatoms. The number of benzene rings is 1. The first-order valence-electron chi connectivity index (χ1n) is 8.39. The fourth-order valence-corrected chi connectivity index (χ4v) is 3.13. The molecule has 2 aromatic rings. The predicted molar refractivity (Wildman–Crippen MR) is 91.4 cm³/mol. The van der Waals surface area contributed by atoms with Crippen molar-refractivity contribution in [1.82, 2.24) is 15.5 Å². The van der Waals surface area contributed by atoms with Crippen molar-refractivity contribution in [1.29, 1.82) is 0 Å². The molecule has 1 atom stereocenters. The number of carbonyl (C=O) groups excluding carboxylic acids is 1. The van der Waals surface area contributed by atoms with E-state index in [-0.39, 0.29) is 17.6 Å². The molecule has 3 rings (SSSR count). The lowest BCUT2D eigenvalue weighted by Crippen LogP contribution is -2.35. The monoisotopic (exact) mass is 330 g/mol. The maximum Gasteiger partial charge on any atom is 0.223 e. The van der Waals surface area contributed by atoms with E-state index in [0.717, 1.165) is 43.6 Å².